The van der Waals surface area contributed by atoms with E-state index in [9.17, 15) is 4.79 Å². The Morgan fingerprint density at radius 3 is 2.57 bits per heavy atom. The molecule has 1 aromatic carbocycles. The Kier molecular flexibility index (Phi) is 3.42. The third kappa shape index (κ3) is 2.52. The van der Waals surface area contributed by atoms with Gasteiger partial charge in [-0.15, -0.1) is 0 Å². The fourth-order valence-corrected chi connectivity index (χ4v) is 3.03. The molecule has 0 bridgehead atoms. The highest BCUT2D eigenvalue weighted by atomic mass is 16.2. The first-order chi connectivity index (χ1) is 11.3. The number of aromatic amines is 2. The molecule has 1 amide bonds. The van der Waals surface area contributed by atoms with Gasteiger partial charge in [-0.1, -0.05) is 18.2 Å². The van der Waals surface area contributed by atoms with Crippen molar-refractivity contribution in [3.8, 4) is 0 Å². The maximum Gasteiger partial charge on any atom is 0.275 e. The van der Waals surface area contributed by atoms with Gasteiger partial charge in [0, 0.05) is 49.4 Å². The lowest BCUT2D eigenvalue weighted by molar-refractivity contribution is -0.377. The van der Waals surface area contributed by atoms with Gasteiger partial charge >= 0.3 is 0 Å². The molecule has 0 unspecified atom stereocenters. The first-order valence-electron chi connectivity index (χ1n) is 7.76. The van der Waals surface area contributed by atoms with Crippen molar-refractivity contribution in [2.24, 2.45) is 0 Å². The van der Waals surface area contributed by atoms with Gasteiger partial charge in [0.1, 0.15) is 0 Å². The summed E-state index contributed by atoms with van der Waals surface area (Å²) in [4.78, 5) is 19.9. The summed E-state index contributed by atoms with van der Waals surface area (Å²) in [7, 11) is 0. The number of para-hydroxylation sites is 1. The molecule has 1 fully saturated rings. The van der Waals surface area contributed by atoms with Crippen LogP contribution in [0.3, 0.4) is 0 Å². The molecule has 3 aromatic rings. The Bertz CT molecular complexity index is 821. The average molecular weight is 308 g/mol. The van der Waals surface area contributed by atoms with Crippen molar-refractivity contribution in [1.82, 2.24) is 15.1 Å². The maximum absolute atomic E-state index is 12.7. The molecular weight excluding hydrogens is 290 g/mol. The molecule has 1 aliphatic rings. The summed E-state index contributed by atoms with van der Waals surface area (Å²) in [5.74, 6) is 0.00324. The number of nitrogens with one attached hydrogen (secondary N) is 2. The van der Waals surface area contributed by atoms with E-state index >= 15 is 0 Å². The van der Waals surface area contributed by atoms with Gasteiger partial charge in [-0.05, 0) is 6.07 Å². The Hall–Kier alpha value is -2.89. The number of H-pyrrole nitrogens is 2. The molecule has 6 heteroatoms. The highest BCUT2D eigenvalue weighted by Gasteiger charge is 2.25. The number of aromatic nitrogens is 3. The van der Waals surface area contributed by atoms with Crippen LogP contribution in [0.15, 0.2) is 48.8 Å². The number of piperazine rings is 1. The molecule has 3 heterocycles. The van der Waals surface area contributed by atoms with E-state index in [2.05, 4.69) is 32.2 Å². The van der Waals surface area contributed by atoms with E-state index in [1.54, 1.807) is 0 Å². The lowest BCUT2D eigenvalue weighted by Gasteiger charge is -2.35. The van der Waals surface area contributed by atoms with Crippen molar-refractivity contribution in [3.05, 3.63) is 54.5 Å². The fraction of sp³-hybridized carbons (Fsp3) is 0.235. The van der Waals surface area contributed by atoms with E-state index in [0.717, 1.165) is 24.0 Å². The summed E-state index contributed by atoms with van der Waals surface area (Å²) in [6.07, 6.45) is 3.84. The SMILES string of the molecule is O=C(c1n[nH]c2ccccc12)N1CCN(c2cc[nH+]cc2)CC1. The van der Waals surface area contributed by atoms with E-state index in [1.807, 2.05) is 41.6 Å². The van der Waals surface area contributed by atoms with Gasteiger partial charge in [0.05, 0.1) is 5.52 Å². The quantitative estimate of drug-likeness (QED) is 0.777. The van der Waals surface area contributed by atoms with Crippen molar-refractivity contribution in [2.75, 3.05) is 31.1 Å². The number of amides is 1. The monoisotopic (exact) mass is 308 g/mol. The zero-order valence-corrected chi connectivity index (χ0v) is 12.7. The fourth-order valence-electron chi connectivity index (χ4n) is 3.03. The smallest absolute Gasteiger partial charge is 0.275 e. The van der Waals surface area contributed by atoms with Crippen LogP contribution < -0.4 is 9.88 Å². The molecule has 0 spiro atoms. The number of fused-ring (bicyclic) bond motifs is 1. The van der Waals surface area contributed by atoms with E-state index in [-0.39, 0.29) is 5.91 Å². The summed E-state index contributed by atoms with van der Waals surface area (Å²) in [5, 5.41) is 8.03. The third-order valence-corrected chi connectivity index (χ3v) is 4.31. The van der Waals surface area contributed by atoms with Crippen molar-refractivity contribution >= 4 is 22.5 Å². The molecule has 0 radical (unpaired) electrons. The number of hydrogen-bond acceptors (Lipinski definition) is 3. The van der Waals surface area contributed by atoms with Crippen molar-refractivity contribution in [3.63, 3.8) is 0 Å². The van der Waals surface area contributed by atoms with Crippen LogP contribution in [-0.2, 0) is 0 Å². The van der Waals surface area contributed by atoms with Gasteiger partial charge in [-0.25, -0.2) is 4.98 Å². The second-order valence-electron chi connectivity index (χ2n) is 5.66. The summed E-state index contributed by atoms with van der Waals surface area (Å²) in [6.45, 7) is 3.08. The zero-order chi connectivity index (χ0) is 15.6. The van der Waals surface area contributed by atoms with Crippen molar-refractivity contribution in [1.29, 1.82) is 0 Å². The lowest BCUT2D eigenvalue weighted by Crippen LogP contribution is -2.49. The van der Waals surface area contributed by atoms with E-state index < -0.39 is 0 Å². The minimum Gasteiger partial charge on any atom is -0.368 e. The second kappa shape index (κ2) is 5.72. The number of nitrogens with zero attached hydrogens (tertiary/aromatic N) is 3. The first-order valence-corrected chi connectivity index (χ1v) is 7.76. The Morgan fingerprint density at radius 2 is 1.78 bits per heavy atom. The summed E-state index contributed by atoms with van der Waals surface area (Å²) in [5.41, 5.74) is 2.60. The Balaban J connectivity index is 1.49. The van der Waals surface area contributed by atoms with E-state index in [0.29, 0.717) is 18.8 Å². The molecular formula is C17H18N5O+. The number of pyridine rings is 1. The normalized spacial score (nSPS) is 15.1. The Labute approximate surface area is 133 Å². The third-order valence-electron chi connectivity index (χ3n) is 4.31. The van der Waals surface area contributed by atoms with Gasteiger partial charge in [-0.2, -0.15) is 5.10 Å². The molecule has 0 atom stereocenters. The lowest BCUT2D eigenvalue weighted by atomic mass is 10.2. The molecule has 0 saturated carbocycles. The molecule has 23 heavy (non-hydrogen) atoms. The van der Waals surface area contributed by atoms with Crippen LogP contribution in [0.4, 0.5) is 5.69 Å². The number of benzene rings is 1. The topological polar surface area (TPSA) is 66.4 Å². The van der Waals surface area contributed by atoms with Crippen molar-refractivity contribution in [2.45, 2.75) is 0 Å². The zero-order valence-electron chi connectivity index (χ0n) is 12.7. The van der Waals surface area contributed by atoms with Gasteiger partial charge < -0.3 is 9.80 Å². The van der Waals surface area contributed by atoms with Crippen LogP contribution in [0, 0.1) is 0 Å². The van der Waals surface area contributed by atoms with Crippen molar-refractivity contribution < 1.29 is 9.78 Å². The molecule has 1 aliphatic heterocycles. The first kappa shape index (κ1) is 13.8. The van der Waals surface area contributed by atoms with Crippen LogP contribution in [-0.4, -0.2) is 47.2 Å². The van der Waals surface area contributed by atoms with Crippen LogP contribution in [0.2, 0.25) is 0 Å². The van der Waals surface area contributed by atoms with Gasteiger partial charge in [0.15, 0.2) is 18.1 Å². The van der Waals surface area contributed by atoms with Gasteiger partial charge in [0.2, 0.25) is 0 Å². The molecule has 116 valence electrons. The molecule has 1 saturated heterocycles. The van der Waals surface area contributed by atoms with Crippen LogP contribution in [0.25, 0.3) is 10.9 Å². The molecule has 6 nitrogen and oxygen atoms in total. The molecule has 4 rings (SSSR count). The highest BCUT2D eigenvalue weighted by molar-refractivity contribution is 6.04. The number of hydrogen-bond donors (Lipinski definition) is 1. The Morgan fingerprint density at radius 1 is 1.04 bits per heavy atom. The summed E-state index contributed by atoms with van der Waals surface area (Å²) in [6, 6.07) is 11.8. The minimum absolute atomic E-state index is 0.00324. The van der Waals surface area contributed by atoms with Gasteiger partial charge in [-0.3, -0.25) is 9.89 Å². The second-order valence-corrected chi connectivity index (χ2v) is 5.66. The minimum atomic E-state index is 0.00324. The average Bonchev–Trinajstić information content (AvgIpc) is 3.06. The summed E-state index contributed by atoms with van der Waals surface area (Å²) >= 11 is 0. The predicted molar refractivity (Wildman–Crippen MR) is 87.2 cm³/mol. The number of anilines is 1. The predicted octanol–water partition coefficient (Wildman–Crippen LogP) is 1.34. The van der Waals surface area contributed by atoms with Gasteiger partial charge in [0.25, 0.3) is 5.91 Å². The number of carbonyl (C=O) groups excluding carboxylic acids is 1. The van der Waals surface area contributed by atoms with Crippen LogP contribution in [0.1, 0.15) is 10.5 Å². The van der Waals surface area contributed by atoms with E-state index in [1.165, 1.54) is 5.69 Å². The maximum atomic E-state index is 12.7. The number of rotatable bonds is 2. The largest absolute Gasteiger partial charge is 0.368 e. The summed E-state index contributed by atoms with van der Waals surface area (Å²) < 4.78 is 0. The van der Waals surface area contributed by atoms with Crippen LogP contribution >= 0.6 is 0 Å². The molecule has 2 N–H and O–H groups in total. The molecule has 0 aliphatic carbocycles. The molecule has 2 aromatic heterocycles. The van der Waals surface area contributed by atoms with Crippen LogP contribution in [0.5, 0.6) is 0 Å². The van der Waals surface area contributed by atoms with E-state index in [4.69, 9.17) is 0 Å². The standard InChI is InChI=1S/C17H17N5O/c23-17(16-14-3-1-2-4-15(14)19-20-16)22-11-9-21(10-12-22)13-5-7-18-8-6-13/h1-8H,9-12H2,(H,19,20)/p+1. The highest BCUT2D eigenvalue weighted by Crippen LogP contribution is 2.19. The number of carbonyl (C=O) groups is 1.